The summed E-state index contributed by atoms with van der Waals surface area (Å²) in [5, 5.41) is 0. The van der Waals surface area contributed by atoms with Crippen molar-refractivity contribution in [3.8, 4) is 0 Å². The Balaban J connectivity index is 1.96. The predicted octanol–water partition coefficient (Wildman–Crippen LogP) is 1.77. The molecule has 0 heterocycles. The van der Waals surface area contributed by atoms with E-state index in [4.69, 9.17) is 5.73 Å². The molecule has 2 aliphatic carbocycles. The summed E-state index contributed by atoms with van der Waals surface area (Å²) in [5.41, 5.74) is 5.66. The summed E-state index contributed by atoms with van der Waals surface area (Å²) >= 11 is 0. The summed E-state index contributed by atoms with van der Waals surface area (Å²) in [6, 6.07) is 0. The van der Waals surface area contributed by atoms with Gasteiger partial charge in [0.05, 0.1) is 0 Å². The quantitative estimate of drug-likeness (QED) is 0.588. The Hall–Kier alpha value is -0.0400. The lowest BCUT2D eigenvalue weighted by molar-refractivity contribution is 0.267. The summed E-state index contributed by atoms with van der Waals surface area (Å²) in [4.78, 5) is 0. The molecule has 2 aliphatic rings. The zero-order chi connectivity index (χ0) is 6.97. The van der Waals surface area contributed by atoms with E-state index >= 15 is 0 Å². The lowest BCUT2D eigenvalue weighted by Gasteiger charge is -2.26. The Morgan fingerprint density at radius 3 is 2.10 bits per heavy atom. The highest BCUT2D eigenvalue weighted by atomic mass is 14.6. The molecule has 0 aromatic heterocycles. The fourth-order valence-electron chi connectivity index (χ4n) is 2.84. The first kappa shape index (κ1) is 6.66. The van der Waals surface area contributed by atoms with Crippen molar-refractivity contribution >= 4 is 0 Å². The molecule has 2 atom stereocenters. The molecule has 2 N–H and O–H groups in total. The molecular weight excluding hydrogens is 122 g/mol. The Morgan fingerprint density at radius 2 is 1.60 bits per heavy atom. The maximum atomic E-state index is 5.66. The van der Waals surface area contributed by atoms with Gasteiger partial charge in [-0.05, 0) is 43.6 Å². The zero-order valence-electron chi connectivity index (χ0n) is 6.55. The number of hydrogen-bond donors (Lipinski definition) is 1. The normalized spacial score (nSPS) is 45.9. The van der Waals surface area contributed by atoms with Crippen LogP contribution in [0.5, 0.6) is 0 Å². The van der Waals surface area contributed by atoms with Gasteiger partial charge in [-0.1, -0.05) is 12.8 Å². The molecule has 0 aromatic rings. The molecule has 2 saturated carbocycles. The largest absolute Gasteiger partial charge is 0.330 e. The highest BCUT2D eigenvalue weighted by molar-refractivity contribution is 4.85. The molecule has 2 fully saturated rings. The van der Waals surface area contributed by atoms with Crippen LogP contribution in [0.15, 0.2) is 0 Å². The van der Waals surface area contributed by atoms with Gasteiger partial charge in [-0.15, -0.1) is 0 Å². The van der Waals surface area contributed by atoms with E-state index in [2.05, 4.69) is 0 Å². The van der Waals surface area contributed by atoms with Crippen LogP contribution >= 0.6 is 0 Å². The zero-order valence-corrected chi connectivity index (χ0v) is 6.55. The Kier molecular flexibility index (Phi) is 1.69. The third-order valence-electron chi connectivity index (χ3n) is 3.32. The van der Waals surface area contributed by atoms with Gasteiger partial charge in [-0.25, -0.2) is 0 Å². The molecule has 0 aliphatic heterocycles. The van der Waals surface area contributed by atoms with Crippen LogP contribution in [-0.2, 0) is 0 Å². The minimum absolute atomic E-state index is 0.881. The molecule has 0 spiro atoms. The average Bonchev–Trinajstić information content (AvgIpc) is 2.30. The smallest absolute Gasteiger partial charge is 0.00487 e. The molecule has 58 valence electrons. The van der Waals surface area contributed by atoms with Crippen LogP contribution in [-0.4, -0.2) is 6.54 Å². The van der Waals surface area contributed by atoms with Gasteiger partial charge in [0.2, 0.25) is 0 Å². The lowest BCUT2D eigenvalue weighted by Crippen LogP contribution is -2.22. The summed E-state index contributed by atoms with van der Waals surface area (Å²) < 4.78 is 0. The highest BCUT2D eigenvalue weighted by Crippen LogP contribution is 2.44. The van der Waals surface area contributed by atoms with Crippen molar-refractivity contribution in [1.29, 1.82) is 0 Å². The van der Waals surface area contributed by atoms with Gasteiger partial charge in [-0.3, -0.25) is 0 Å². The minimum atomic E-state index is 0.881. The first-order valence-electron chi connectivity index (χ1n) is 4.58. The number of rotatable bonds is 1. The van der Waals surface area contributed by atoms with E-state index in [0.29, 0.717) is 0 Å². The van der Waals surface area contributed by atoms with Crippen LogP contribution < -0.4 is 5.73 Å². The standard InChI is InChI=1S/C9H17N/c10-6-9-4-7-1-2-8(3-7)5-9/h7-9H,1-6,10H2. The lowest BCUT2D eigenvalue weighted by atomic mass is 9.81. The van der Waals surface area contributed by atoms with Crippen molar-refractivity contribution in [2.75, 3.05) is 6.54 Å². The molecule has 0 saturated heterocycles. The first-order chi connectivity index (χ1) is 4.88. The van der Waals surface area contributed by atoms with Crippen molar-refractivity contribution in [2.24, 2.45) is 23.5 Å². The molecule has 2 rings (SSSR count). The maximum absolute atomic E-state index is 5.66. The number of nitrogens with two attached hydrogens (primary N) is 1. The van der Waals surface area contributed by atoms with Gasteiger partial charge in [0.1, 0.15) is 0 Å². The Labute approximate surface area is 63.0 Å². The van der Waals surface area contributed by atoms with E-state index in [0.717, 1.165) is 24.3 Å². The molecule has 0 aromatic carbocycles. The summed E-state index contributed by atoms with van der Waals surface area (Å²) in [6.07, 6.45) is 7.40. The van der Waals surface area contributed by atoms with Crippen LogP contribution in [0.2, 0.25) is 0 Å². The van der Waals surface area contributed by atoms with Crippen molar-refractivity contribution < 1.29 is 0 Å². The summed E-state index contributed by atoms with van der Waals surface area (Å²) in [6.45, 7) is 0.938. The van der Waals surface area contributed by atoms with Crippen LogP contribution in [0.25, 0.3) is 0 Å². The maximum Gasteiger partial charge on any atom is -0.00487 e. The molecular formula is C9H17N. The van der Waals surface area contributed by atoms with E-state index in [1.165, 1.54) is 32.1 Å². The van der Waals surface area contributed by atoms with Crippen molar-refractivity contribution in [1.82, 2.24) is 0 Å². The van der Waals surface area contributed by atoms with Gasteiger partial charge in [-0.2, -0.15) is 0 Å². The minimum Gasteiger partial charge on any atom is -0.330 e. The van der Waals surface area contributed by atoms with Crippen LogP contribution in [0.4, 0.5) is 0 Å². The van der Waals surface area contributed by atoms with Crippen LogP contribution in [0.1, 0.15) is 32.1 Å². The SMILES string of the molecule is NCC1CC2CCC(C1)C2. The van der Waals surface area contributed by atoms with Crippen molar-refractivity contribution in [3.05, 3.63) is 0 Å². The van der Waals surface area contributed by atoms with Gasteiger partial charge < -0.3 is 5.73 Å². The van der Waals surface area contributed by atoms with E-state index in [1.54, 1.807) is 0 Å². The summed E-state index contributed by atoms with van der Waals surface area (Å²) in [7, 11) is 0. The van der Waals surface area contributed by atoms with Gasteiger partial charge in [0.15, 0.2) is 0 Å². The molecule has 2 unspecified atom stereocenters. The Morgan fingerprint density at radius 1 is 1.00 bits per heavy atom. The molecule has 10 heavy (non-hydrogen) atoms. The molecule has 1 nitrogen and oxygen atoms in total. The fourth-order valence-corrected chi connectivity index (χ4v) is 2.84. The van der Waals surface area contributed by atoms with Crippen LogP contribution in [0.3, 0.4) is 0 Å². The molecule has 0 amide bonds. The van der Waals surface area contributed by atoms with Gasteiger partial charge in [0.25, 0.3) is 0 Å². The third kappa shape index (κ3) is 1.07. The van der Waals surface area contributed by atoms with Crippen molar-refractivity contribution in [3.63, 3.8) is 0 Å². The fraction of sp³-hybridized carbons (Fsp3) is 1.00. The molecule has 0 radical (unpaired) electrons. The molecule has 2 bridgehead atoms. The number of fused-ring (bicyclic) bond motifs is 2. The van der Waals surface area contributed by atoms with E-state index in [9.17, 15) is 0 Å². The van der Waals surface area contributed by atoms with Gasteiger partial charge in [0, 0.05) is 0 Å². The first-order valence-corrected chi connectivity index (χ1v) is 4.58. The monoisotopic (exact) mass is 139 g/mol. The second-order valence-corrected chi connectivity index (χ2v) is 4.12. The predicted molar refractivity (Wildman–Crippen MR) is 42.6 cm³/mol. The Bertz CT molecular complexity index is 110. The molecule has 1 heteroatoms. The second kappa shape index (κ2) is 2.54. The van der Waals surface area contributed by atoms with E-state index in [-0.39, 0.29) is 0 Å². The van der Waals surface area contributed by atoms with Crippen molar-refractivity contribution in [2.45, 2.75) is 32.1 Å². The topological polar surface area (TPSA) is 26.0 Å². The third-order valence-corrected chi connectivity index (χ3v) is 3.32. The van der Waals surface area contributed by atoms with E-state index < -0.39 is 0 Å². The highest BCUT2D eigenvalue weighted by Gasteiger charge is 2.32. The second-order valence-electron chi connectivity index (χ2n) is 4.12. The van der Waals surface area contributed by atoms with Crippen LogP contribution in [0, 0.1) is 17.8 Å². The summed E-state index contributed by atoms with van der Waals surface area (Å²) in [5.74, 6) is 3.01. The van der Waals surface area contributed by atoms with E-state index in [1.807, 2.05) is 0 Å². The average molecular weight is 139 g/mol. The number of hydrogen-bond acceptors (Lipinski definition) is 1. The van der Waals surface area contributed by atoms with Gasteiger partial charge >= 0.3 is 0 Å².